The molecule has 246 valence electrons. The van der Waals surface area contributed by atoms with Crippen molar-refractivity contribution in [3.05, 3.63) is 113 Å². The van der Waals surface area contributed by atoms with Crippen LogP contribution in [-0.2, 0) is 16.0 Å². The number of hydrogen-bond donors (Lipinski definition) is 2. The first-order chi connectivity index (χ1) is 22.3. The first-order valence-electron chi connectivity index (χ1n) is 15.5. The lowest BCUT2D eigenvalue weighted by atomic mass is 9.91. The third-order valence-electron chi connectivity index (χ3n) is 8.23. The van der Waals surface area contributed by atoms with Crippen molar-refractivity contribution in [1.29, 1.82) is 0 Å². The molecule has 3 amide bonds. The van der Waals surface area contributed by atoms with Gasteiger partial charge in [-0.25, -0.2) is 18.0 Å². The normalized spacial score (nSPS) is 19.8. The molecule has 2 heterocycles. The number of rotatable bonds is 8. The molecule has 1 unspecified atom stereocenters. The number of benzene rings is 2. The molecule has 47 heavy (non-hydrogen) atoms. The standard InChI is InChI=1S/C36H37F3N4O4/c1-36(2,3)47-35(46)43-30(22-8-5-4-6-9-22)13-14-31(43)34(45)42-29(18-21-16-24(37)20-25(38)17-21)32-26(10-7-15-41-32)23-11-12-28(39)27(19-23)33(40)44/h4-8,10-12,15-17,19-20,22,29-31H,9,13-14,18H2,1-3H3,(H2,40,44)(H,42,45)/t22?,29-,30+,31-/m0/s1. The maximum absolute atomic E-state index is 14.4. The molecule has 1 fully saturated rings. The van der Waals surface area contributed by atoms with Gasteiger partial charge >= 0.3 is 6.09 Å². The van der Waals surface area contributed by atoms with Gasteiger partial charge in [-0.1, -0.05) is 36.4 Å². The summed E-state index contributed by atoms with van der Waals surface area (Å²) in [4.78, 5) is 45.8. The first-order valence-corrected chi connectivity index (χ1v) is 15.5. The fourth-order valence-electron chi connectivity index (χ4n) is 6.25. The number of carbonyl (C=O) groups excluding carboxylic acids is 3. The van der Waals surface area contributed by atoms with Gasteiger partial charge in [0.1, 0.15) is 29.1 Å². The average Bonchev–Trinajstić information content (AvgIpc) is 3.46. The monoisotopic (exact) mass is 646 g/mol. The van der Waals surface area contributed by atoms with Crippen LogP contribution in [0.4, 0.5) is 18.0 Å². The lowest BCUT2D eigenvalue weighted by Gasteiger charge is -2.35. The summed E-state index contributed by atoms with van der Waals surface area (Å²) in [5, 5.41) is 3.00. The van der Waals surface area contributed by atoms with Gasteiger partial charge in [0, 0.05) is 29.8 Å². The molecule has 3 N–H and O–H groups in total. The zero-order valence-electron chi connectivity index (χ0n) is 26.4. The fourth-order valence-corrected chi connectivity index (χ4v) is 6.25. The number of ether oxygens (including phenoxy) is 1. The van der Waals surface area contributed by atoms with Crippen LogP contribution in [0.15, 0.2) is 79.0 Å². The van der Waals surface area contributed by atoms with E-state index in [-0.39, 0.29) is 29.5 Å². The van der Waals surface area contributed by atoms with Crippen LogP contribution in [-0.4, -0.2) is 45.5 Å². The number of nitrogens with two attached hydrogens (primary N) is 1. The van der Waals surface area contributed by atoms with E-state index in [1.54, 1.807) is 32.9 Å². The van der Waals surface area contributed by atoms with Gasteiger partial charge in [0.2, 0.25) is 5.91 Å². The molecule has 1 saturated heterocycles. The Morgan fingerprint density at radius 2 is 1.79 bits per heavy atom. The van der Waals surface area contributed by atoms with E-state index in [2.05, 4.69) is 10.3 Å². The first kappa shape index (κ1) is 33.4. The number of pyridine rings is 1. The molecule has 11 heteroatoms. The number of nitrogens with one attached hydrogen (secondary N) is 1. The summed E-state index contributed by atoms with van der Waals surface area (Å²) < 4.78 is 48.7. The van der Waals surface area contributed by atoms with Crippen molar-refractivity contribution in [3.8, 4) is 11.1 Å². The van der Waals surface area contributed by atoms with Gasteiger partial charge in [0.15, 0.2) is 0 Å². The number of allylic oxidation sites excluding steroid dienone is 3. The molecular weight excluding hydrogens is 609 g/mol. The molecule has 0 saturated carbocycles. The fraction of sp³-hybridized carbons (Fsp3) is 0.333. The van der Waals surface area contributed by atoms with Crippen LogP contribution >= 0.6 is 0 Å². The topological polar surface area (TPSA) is 115 Å². The van der Waals surface area contributed by atoms with Crippen LogP contribution in [0.5, 0.6) is 0 Å². The van der Waals surface area contributed by atoms with Gasteiger partial charge in [-0.2, -0.15) is 0 Å². The van der Waals surface area contributed by atoms with Crippen molar-refractivity contribution < 1.29 is 32.3 Å². The Morgan fingerprint density at radius 1 is 1.04 bits per heavy atom. The van der Waals surface area contributed by atoms with Gasteiger partial charge in [-0.3, -0.25) is 19.5 Å². The van der Waals surface area contributed by atoms with Crippen LogP contribution in [0.2, 0.25) is 0 Å². The largest absolute Gasteiger partial charge is 0.444 e. The van der Waals surface area contributed by atoms with Crippen LogP contribution in [0.25, 0.3) is 11.1 Å². The lowest BCUT2D eigenvalue weighted by Crippen LogP contribution is -2.52. The Morgan fingerprint density at radius 3 is 2.45 bits per heavy atom. The molecule has 0 spiro atoms. The highest BCUT2D eigenvalue weighted by atomic mass is 19.1. The second kappa shape index (κ2) is 13.8. The van der Waals surface area contributed by atoms with Crippen molar-refractivity contribution in [2.45, 2.75) is 70.2 Å². The van der Waals surface area contributed by atoms with Crippen molar-refractivity contribution >= 4 is 17.9 Å². The van der Waals surface area contributed by atoms with Gasteiger partial charge in [-0.05, 0) is 87.9 Å². The molecule has 2 aliphatic rings. The number of primary amides is 1. The Labute approximate surface area is 271 Å². The van der Waals surface area contributed by atoms with Crippen molar-refractivity contribution in [3.63, 3.8) is 0 Å². The van der Waals surface area contributed by atoms with Crippen LogP contribution in [0.3, 0.4) is 0 Å². The van der Waals surface area contributed by atoms with Crippen LogP contribution < -0.4 is 11.1 Å². The lowest BCUT2D eigenvalue weighted by molar-refractivity contribution is -0.126. The summed E-state index contributed by atoms with van der Waals surface area (Å²) in [5.74, 6) is -3.86. The molecular formula is C36H37F3N4O4. The van der Waals surface area contributed by atoms with Gasteiger partial charge in [0.25, 0.3) is 5.91 Å². The molecule has 0 radical (unpaired) electrons. The zero-order chi connectivity index (χ0) is 33.9. The van der Waals surface area contributed by atoms with Crippen molar-refractivity contribution in [2.75, 3.05) is 0 Å². The Hall–Kier alpha value is -4.93. The predicted molar refractivity (Wildman–Crippen MR) is 170 cm³/mol. The molecule has 1 aliphatic carbocycles. The molecule has 8 nitrogen and oxygen atoms in total. The highest BCUT2D eigenvalue weighted by Gasteiger charge is 2.45. The third kappa shape index (κ3) is 7.90. The van der Waals surface area contributed by atoms with Gasteiger partial charge in [0.05, 0.1) is 17.3 Å². The van der Waals surface area contributed by atoms with E-state index in [1.165, 1.54) is 23.2 Å². The van der Waals surface area contributed by atoms with E-state index in [1.807, 2.05) is 24.3 Å². The second-order valence-electron chi connectivity index (χ2n) is 12.8. The summed E-state index contributed by atoms with van der Waals surface area (Å²) in [7, 11) is 0. The number of carbonyl (C=O) groups is 3. The summed E-state index contributed by atoms with van der Waals surface area (Å²) >= 11 is 0. The van der Waals surface area contributed by atoms with Gasteiger partial charge in [-0.15, -0.1) is 0 Å². The summed E-state index contributed by atoms with van der Waals surface area (Å²) in [6.45, 7) is 5.26. The van der Waals surface area contributed by atoms with E-state index in [0.717, 1.165) is 24.3 Å². The smallest absolute Gasteiger partial charge is 0.411 e. The van der Waals surface area contributed by atoms with E-state index in [4.69, 9.17) is 10.5 Å². The molecule has 0 bridgehead atoms. The molecule has 2 aromatic carbocycles. The van der Waals surface area contributed by atoms with Crippen molar-refractivity contribution in [2.24, 2.45) is 11.7 Å². The SMILES string of the molecule is CC(C)(C)OC(=O)N1[C@@H](C2C=CC=CC2)CC[C@H]1C(=O)N[C@@H](Cc1cc(F)cc(F)c1)c1ncccc1-c1ccc(F)c(C(N)=O)c1. The molecule has 5 rings (SSSR count). The Kier molecular flexibility index (Phi) is 9.83. The number of hydrogen-bond acceptors (Lipinski definition) is 5. The van der Waals surface area contributed by atoms with E-state index in [0.29, 0.717) is 36.1 Å². The number of halogens is 3. The molecule has 3 aromatic rings. The van der Waals surface area contributed by atoms with Crippen molar-refractivity contribution in [1.82, 2.24) is 15.2 Å². The number of likely N-dealkylation sites (tertiary alicyclic amines) is 1. The number of aromatic nitrogens is 1. The number of nitrogens with zero attached hydrogens (tertiary/aromatic N) is 2. The van der Waals surface area contributed by atoms with E-state index < -0.39 is 53.0 Å². The maximum Gasteiger partial charge on any atom is 0.411 e. The average molecular weight is 647 g/mol. The second-order valence-corrected chi connectivity index (χ2v) is 12.8. The zero-order valence-corrected chi connectivity index (χ0v) is 26.4. The molecule has 1 aliphatic heterocycles. The van der Waals surface area contributed by atoms with Crippen LogP contribution in [0.1, 0.15) is 67.7 Å². The number of amides is 3. The molecule has 1 aromatic heterocycles. The quantitative estimate of drug-likeness (QED) is 0.288. The summed E-state index contributed by atoms with van der Waals surface area (Å²) in [6, 6.07) is 8.06. The highest BCUT2D eigenvalue weighted by molar-refractivity contribution is 5.94. The minimum absolute atomic E-state index is 0.0169. The molecule has 4 atom stereocenters. The van der Waals surface area contributed by atoms with Crippen LogP contribution in [0, 0.1) is 23.4 Å². The third-order valence-corrected chi connectivity index (χ3v) is 8.23. The maximum atomic E-state index is 14.4. The van der Waals surface area contributed by atoms with E-state index >= 15 is 0 Å². The minimum Gasteiger partial charge on any atom is -0.444 e. The summed E-state index contributed by atoms with van der Waals surface area (Å²) in [6.07, 6.45) is 10.3. The Balaban J connectivity index is 1.53. The summed E-state index contributed by atoms with van der Waals surface area (Å²) in [5.41, 5.74) is 5.62. The van der Waals surface area contributed by atoms with Gasteiger partial charge < -0.3 is 15.8 Å². The Bertz CT molecular complexity index is 1720. The highest BCUT2D eigenvalue weighted by Crippen LogP contribution is 2.36. The van der Waals surface area contributed by atoms with E-state index in [9.17, 15) is 27.6 Å². The minimum atomic E-state index is -0.962. The predicted octanol–water partition coefficient (Wildman–Crippen LogP) is 6.57.